The van der Waals surface area contributed by atoms with Gasteiger partial charge in [-0.25, -0.2) is 0 Å². The third-order valence-corrected chi connectivity index (χ3v) is 12.0. The Hall–Kier alpha value is -2.58. The molecule has 0 radical (unpaired) electrons. The van der Waals surface area contributed by atoms with E-state index < -0.39 is 26.6 Å². The van der Waals surface area contributed by atoms with Crippen molar-refractivity contribution in [2.75, 3.05) is 40.9 Å². The lowest BCUT2D eigenvalue weighted by Gasteiger charge is -2.29. The molecule has 0 aromatic rings. The maximum absolute atomic E-state index is 12.9. The molecule has 0 bridgehead atoms. The van der Waals surface area contributed by atoms with E-state index in [0.29, 0.717) is 17.4 Å². The van der Waals surface area contributed by atoms with Gasteiger partial charge in [0.25, 0.3) is 7.82 Å². The van der Waals surface area contributed by atoms with E-state index in [9.17, 15) is 19.4 Å². The number of hydrogen-bond acceptors (Lipinski definition) is 6. The maximum Gasteiger partial charge on any atom is 0.268 e. The topological polar surface area (TPSA) is 108 Å². The monoisotopic (exact) mass is 927 g/mol. The third-order valence-electron chi connectivity index (χ3n) is 11.0. The zero-order chi connectivity index (χ0) is 47.8. The van der Waals surface area contributed by atoms with Gasteiger partial charge in [0.2, 0.25) is 5.91 Å². The van der Waals surface area contributed by atoms with Crippen molar-refractivity contribution in [3.05, 3.63) is 97.2 Å². The molecule has 2 N–H and O–H groups in total. The Labute approximate surface area is 400 Å². The van der Waals surface area contributed by atoms with Gasteiger partial charge in [-0.3, -0.25) is 9.36 Å². The Morgan fingerprint density at radius 1 is 0.554 bits per heavy atom. The quantitative estimate of drug-likeness (QED) is 0.0272. The summed E-state index contributed by atoms with van der Waals surface area (Å²) in [4.78, 5) is 25.4. The fraction of sp³-hybridized carbons (Fsp3) is 0.696. The van der Waals surface area contributed by atoms with E-state index in [1.165, 1.54) is 89.9 Å². The first-order valence-electron chi connectivity index (χ1n) is 26.1. The zero-order valence-corrected chi connectivity index (χ0v) is 43.3. The van der Waals surface area contributed by atoms with E-state index >= 15 is 0 Å². The summed E-state index contributed by atoms with van der Waals surface area (Å²) in [6.45, 7) is 4.49. The van der Waals surface area contributed by atoms with Crippen molar-refractivity contribution < 1.29 is 32.9 Å². The number of aliphatic hydroxyl groups is 1. The Morgan fingerprint density at radius 3 is 1.43 bits per heavy atom. The molecule has 0 aliphatic rings. The molecule has 0 fully saturated rings. The molecule has 3 unspecified atom stereocenters. The van der Waals surface area contributed by atoms with Gasteiger partial charge in [-0.1, -0.05) is 207 Å². The first-order chi connectivity index (χ1) is 31.5. The van der Waals surface area contributed by atoms with Gasteiger partial charge in [-0.15, -0.1) is 0 Å². The number of unbranched alkanes of at least 4 members (excludes halogenated alkanes) is 19. The molecule has 0 spiro atoms. The largest absolute Gasteiger partial charge is 0.756 e. The minimum absolute atomic E-state index is 0.0131. The standard InChI is InChI=1S/C56H99N2O6P/c1-6-8-10-12-14-16-18-20-22-24-25-26-27-28-29-30-31-32-33-34-36-38-40-42-44-46-48-50-56(60)57-54(53-64-65(61,62)63-52-51-58(3,4)5)55(59)49-47-45-43-41-39-37-35-23-21-19-17-15-13-11-9-7-2/h8,10,14,16,20,22,25-26,28-29,31-32,39,41,47,49,54-55,59H,6-7,9,11-13,15,17-19,21,23-24,27,30,33-38,40,42-46,48,50-53H2,1-5H3,(H-,57,60,61,62)/b10-8-,16-14-,22-20-,26-25-,29-28-,32-31-,41-39+,49-47+. The summed E-state index contributed by atoms with van der Waals surface area (Å²) in [6, 6.07) is -0.914. The molecule has 374 valence electrons. The highest BCUT2D eigenvalue weighted by molar-refractivity contribution is 7.45. The molecule has 65 heavy (non-hydrogen) atoms. The number of allylic oxidation sites excluding steroid dienone is 15. The van der Waals surface area contributed by atoms with Crippen molar-refractivity contribution in [2.24, 2.45) is 0 Å². The van der Waals surface area contributed by atoms with E-state index in [1.54, 1.807) is 6.08 Å². The number of carbonyl (C=O) groups is 1. The minimum Gasteiger partial charge on any atom is -0.756 e. The van der Waals surface area contributed by atoms with Gasteiger partial charge in [0.15, 0.2) is 0 Å². The van der Waals surface area contributed by atoms with Crippen LogP contribution < -0.4 is 10.2 Å². The molecule has 0 rings (SSSR count). The van der Waals surface area contributed by atoms with Gasteiger partial charge in [0.05, 0.1) is 39.9 Å². The van der Waals surface area contributed by atoms with Crippen LogP contribution in [0.5, 0.6) is 0 Å². The summed E-state index contributed by atoms with van der Waals surface area (Å²) in [5.74, 6) is -0.220. The second-order valence-corrected chi connectivity index (χ2v) is 19.9. The van der Waals surface area contributed by atoms with Crippen LogP contribution in [0.4, 0.5) is 0 Å². The Balaban J connectivity index is 4.34. The van der Waals surface area contributed by atoms with E-state index in [0.717, 1.165) is 89.9 Å². The van der Waals surface area contributed by atoms with Crippen LogP contribution in [0.15, 0.2) is 97.2 Å². The molecular formula is C56H99N2O6P. The molecule has 8 nitrogen and oxygen atoms in total. The van der Waals surface area contributed by atoms with Crippen LogP contribution in [0.3, 0.4) is 0 Å². The Morgan fingerprint density at radius 2 is 0.954 bits per heavy atom. The highest BCUT2D eigenvalue weighted by atomic mass is 31.2. The van der Waals surface area contributed by atoms with Gasteiger partial charge in [0.1, 0.15) is 13.2 Å². The molecule has 0 heterocycles. The highest BCUT2D eigenvalue weighted by Gasteiger charge is 2.23. The number of nitrogens with zero attached hydrogens (tertiary/aromatic N) is 1. The second kappa shape index (κ2) is 46.5. The van der Waals surface area contributed by atoms with E-state index in [1.807, 2.05) is 27.2 Å². The smallest absolute Gasteiger partial charge is 0.268 e. The van der Waals surface area contributed by atoms with Crippen LogP contribution in [0.25, 0.3) is 0 Å². The molecule has 0 aromatic heterocycles. The second-order valence-electron chi connectivity index (χ2n) is 18.5. The van der Waals surface area contributed by atoms with Crippen LogP contribution in [0, 0.1) is 0 Å². The first-order valence-corrected chi connectivity index (χ1v) is 27.6. The molecule has 0 saturated carbocycles. The summed E-state index contributed by atoms with van der Waals surface area (Å²) in [6.07, 6.45) is 66.1. The van der Waals surface area contributed by atoms with Crippen molar-refractivity contribution in [1.29, 1.82) is 0 Å². The SMILES string of the molecule is CC/C=C\C/C=C\C/C=C\C/C=C\C/C=C\C/C=C\CCCCCCCCCCC(=O)NC(COP(=O)([O-])OCC[N+](C)(C)C)C(O)/C=C/CC/C=C/CCCCCCCCCCCC. The van der Waals surface area contributed by atoms with Crippen molar-refractivity contribution in [2.45, 2.75) is 212 Å². The number of rotatable bonds is 46. The number of phosphoric acid groups is 1. The molecule has 9 heteroatoms. The summed E-state index contributed by atoms with van der Waals surface area (Å²) < 4.78 is 23.3. The number of nitrogens with one attached hydrogen (secondary N) is 1. The molecule has 0 saturated heterocycles. The Kier molecular flexibility index (Phi) is 44.7. The van der Waals surface area contributed by atoms with Crippen molar-refractivity contribution in [1.82, 2.24) is 5.32 Å². The van der Waals surface area contributed by atoms with E-state index in [2.05, 4.69) is 104 Å². The molecule has 3 atom stereocenters. The van der Waals surface area contributed by atoms with Gasteiger partial charge >= 0.3 is 0 Å². The molecular weight excluding hydrogens is 828 g/mol. The number of hydrogen-bond donors (Lipinski definition) is 2. The van der Waals surface area contributed by atoms with Gasteiger partial charge < -0.3 is 28.8 Å². The zero-order valence-electron chi connectivity index (χ0n) is 42.4. The lowest BCUT2D eigenvalue weighted by atomic mass is 10.1. The predicted octanol–water partition coefficient (Wildman–Crippen LogP) is 14.8. The fourth-order valence-corrected chi connectivity index (χ4v) is 7.66. The van der Waals surface area contributed by atoms with Gasteiger partial charge in [-0.2, -0.15) is 0 Å². The number of quaternary nitrogens is 1. The lowest BCUT2D eigenvalue weighted by molar-refractivity contribution is -0.870. The Bertz CT molecular complexity index is 1370. The van der Waals surface area contributed by atoms with Crippen LogP contribution in [-0.4, -0.2) is 68.5 Å². The molecule has 1 amide bonds. The highest BCUT2D eigenvalue weighted by Crippen LogP contribution is 2.38. The van der Waals surface area contributed by atoms with Crippen molar-refractivity contribution >= 4 is 13.7 Å². The summed E-state index contributed by atoms with van der Waals surface area (Å²) in [5.41, 5.74) is 0. The molecule has 0 aliphatic heterocycles. The van der Waals surface area contributed by atoms with Crippen molar-refractivity contribution in [3.63, 3.8) is 0 Å². The fourth-order valence-electron chi connectivity index (χ4n) is 6.94. The van der Waals surface area contributed by atoms with Crippen LogP contribution in [0.2, 0.25) is 0 Å². The maximum atomic E-state index is 12.9. The third kappa shape index (κ3) is 49.2. The van der Waals surface area contributed by atoms with Crippen molar-refractivity contribution in [3.8, 4) is 0 Å². The normalized spacial score (nSPS) is 14.9. The lowest BCUT2D eigenvalue weighted by Crippen LogP contribution is -2.45. The number of aliphatic hydroxyl groups excluding tert-OH is 1. The number of carbonyl (C=O) groups excluding carboxylic acids is 1. The van der Waals surface area contributed by atoms with Gasteiger partial charge in [-0.05, 0) is 83.5 Å². The van der Waals surface area contributed by atoms with Crippen LogP contribution in [-0.2, 0) is 18.4 Å². The number of likely N-dealkylation sites (N-methyl/N-ethyl adjacent to an activating group) is 1. The predicted molar refractivity (Wildman–Crippen MR) is 279 cm³/mol. The minimum atomic E-state index is -4.61. The van der Waals surface area contributed by atoms with Gasteiger partial charge in [0, 0.05) is 6.42 Å². The van der Waals surface area contributed by atoms with E-state index in [4.69, 9.17) is 9.05 Å². The van der Waals surface area contributed by atoms with E-state index in [-0.39, 0.29) is 12.5 Å². The first kappa shape index (κ1) is 62.4. The average Bonchev–Trinajstić information content (AvgIpc) is 3.26. The number of amides is 1. The molecule has 0 aromatic carbocycles. The molecule has 0 aliphatic carbocycles. The van der Waals surface area contributed by atoms with Crippen LogP contribution in [0.1, 0.15) is 200 Å². The summed E-state index contributed by atoms with van der Waals surface area (Å²) >= 11 is 0. The van der Waals surface area contributed by atoms with Crippen LogP contribution >= 0.6 is 7.82 Å². The average molecular weight is 927 g/mol. The summed E-state index contributed by atoms with van der Waals surface area (Å²) in [5, 5.41) is 13.8. The number of phosphoric ester groups is 1. The summed E-state index contributed by atoms with van der Waals surface area (Å²) in [7, 11) is 1.22.